The molecule has 0 radical (unpaired) electrons. The van der Waals surface area contributed by atoms with Crippen molar-refractivity contribution in [1.29, 1.82) is 0 Å². The van der Waals surface area contributed by atoms with E-state index < -0.39 is 0 Å². The molecule has 1 aliphatic carbocycles. The first kappa shape index (κ1) is 13.4. The minimum atomic E-state index is 0.0706. The summed E-state index contributed by atoms with van der Waals surface area (Å²) in [6, 6.07) is 8.92. The van der Waals surface area contributed by atoms with Crippen molar-refractivity contribution in [2.75, 3.05) is 13.2 Å². The molecule has 0 amide bonds. The van der Waals surface area contributed by atoms with E-state index in [4.69, 9.17) is 16.3 Å². The maximum Gasteiger partial charge on any atom is 0.0779 e. The largest absolute Gasteiger partial charge is 0.374 e. The highest BCUT2D eigenvalue weighted by molar-refractivity contribution is 6.30. The molecule has 1 atom stereocenters. The van der Waals surface area contributed by atoms with Crippen LogP contribution in [0, 0.1) is 0 Å². The Morgan fingerprint density at radius 3 is 2.95 bits per heavy atom. The van der Waals surface area contributed by atoms with E-state index in [1.165, 1.54) is 31.2 Å². The van der Waals surface area contributed by atoms with Crippen LogP contribution in [-0.2, 0) is 4.74 Å². The molecule has 2 aliphatic rings. The maximum atomic E-state index is 6.04. The smallest absolute Gasteiger partial charge is 0.0779 e. The molecular formula is C16H22ClNO. The van der Waals surface area contributed by atoms with Crippen LogP contribution in [0.2, 0.25) is 5.02 Å². The number of ether oxygens (including phenoxy) is 1. The molecule has 1 aromatic carbocycles. The van der Waals surface area contributed by atoms with Crippen LogP contribution in [-0.4, -0.2) is 24.8 Å². The van der Waals surface area contributed by atoms with Crippen LogP contribution in [0.25, 0.3) is 0 Å². The summed E-state index contributed by atoms with van der Waals surface area (Å²) in [6.07, 6.45) is 4.82. The van der Waals surface area contributed by atoms with Crippen LogP contribution in [0.5, 0.6) is 0 Å². The van der Waals surface area contributed by atoms with Crippen molar-refractivity contribution in [1.82, 2.24) is 5.32 Å². The summed E-state index contributed by atoms with van der Waals surface area (Å²) in [6.45, 7) is 4.13. The molecule has 1 saturated heterocycles. The summed E-state index contributed by atoms with van der Waals surface area (Å²) in [5.41, 5.74) is 1.45. The van der Waals surface area contributed by atoms with Gasteiger partial charge in [-0.1, -0.05) is 23.7 Å². The van der Waals surface area contributed by atoms with Gasteiger partial charge in [-0.15, -0.1) is 0 Å². The molecule has 1 N–H and O–H groups in total. The van der Waals surface area contributed by atoms with Crippen LogP contribution < -0.4 is 5.32 Å². The Kier molecular flexibility index (Phi) is 3.84. The van der Waals surface area contributed by atoms with Gasteiger partial charge in [-0.25, -0.2) is 0 Å². The highest BCUT2D eigenvalue weighted by Gasteiger charge is 2.34. The van der Waals surface area contributed by atoms with Crippen LogP contribution in [0.15, 0.2) is 24.3 Å². The van der Waals surface area contributed by atoms with Gasteiger partial charge in [-0.2, -0.15) is 0 Å². The van der Waals surface area contributed by atoms with Crippen molar-refractivity contribution in [2.45, 2.75) is 50.2 Å². The van der Waals surface area contributed by atoms with E-state index in [2.05, 4.69) is 24.4 Å². The van der Waals surface area contributed by atoms with Gasteiger partial charge in [-0.3, -0.25) is 0 Å². The molecule has 3 heteroatoms. The monoisotopic (exact) mass is 279 g/mol. The van der Waals surface area contributed by atoms with E-state index in [0.717, 1.165) is 18.2 Å². The lowest BCUT2D eigenvalue weighted by Gasteiger charge is -2.38. The molecule has 1 saturated carbocycles. The summed E-state index contributed by atoms with van der Waals surface area (Å²) in [7, 11) is 0. The molecule has 2 fully saturated rings. The highest BCUT2D eigenvalue weighted by Crippen LogP contribution is 2.38. The zero-order valence-electron chi connectivity index (χ0n) is 11.5. The summed E-state index contributed by atoms with van der Waals surface area (Å²) in [4.78, 5) is 0. The quantitative estimate of drug-likeness (QED) is 0.906. The number of rotatable bonds is 4. The number of benzene rings is 1. The Morgan fingerprint density at radius 2 is 2.26 bits per heavy atom. The third-order valence-corrected chi connectivity index (χ3v) is 4.76. The first-order valence-electron chi connectivity index (χ1n) is 7.27. The average molecular weight is 280 g/mol. The first-order chi connectivity index (χ1) is 9.15. The van der Waals surface area contributed by atoms with Gasteiger partial charge >= 0.3 is 0 Å². The average Bonchev–Trinajstić information content (AvgIpc) is 2.74. The molecule has 1 heterocycles. The standard InChI is InChI=1S/C16H22ClNO/c1-16(6-3-7-19-16)11-18-15-9-13(10-15)12-4-2-5-14(17)8-12/h2,4-5,8,13,15,18H,3,6-7,9-11H2,1H3. The molecule has 104 valence electrons. The number of nitrogens with one attached hydrogen (secondary N) is 1. The Morgan fingerprint density at radius 1 is 1.42 bits per heavy atom. The molecule has 3 rings (SSSR count). The third-order valence-electron chi connectivity index (χ3n) is 4.52. The lowest BCUT2D eigenvalue weighted by atomic mass is 9.75. The maximum absolute atomic E-state index is 6.04. The zero-order valence-corrected chi connectivity index (χ0v) is 12.2. The van der Waals surface area contributed by atoms with Gasteiger partial charge in [0.2, 0.25) is 0 Å². The van der Waals surface area contributed by atoms with Crippen molar-refractivity contribution >= 4 is 11.6 Å². The molecule has 19 heavy (non-hydrogen) atoms. The van der Waals surface area contributed by atoms with Gasteiger partial charge in [0, 0.05) is 24.2 Å². The van der Waals surface area contributed by atoms with Gasteiger partial charge < -0.3 is 10.1 Å². The van der Waals surface area contributed by atoms with Crippen LogP contribution in [0.1, 0.15) is 44.1 Å². The molecule has 0 aromatic heterocycles. The van der Waals surface area contributed by atoms with E-state index in [1.54, 1.807) is 0 Å². The minimum Gasteiger partial charge on any atom is -0.374 e. The van der Waals surface area contributed by atoms with Crippen LogP contribution in [0.4, 0.5) is 0 Å². The Labute approximate surface area is 120 Å². The molecular weight excluding hydrogens is 258 g/mol. The number of halogens is 1. The SMILES string of the molecule is CC1(CNC2CC(c3cccc(Cl)c3)C2)CCCO1. The minimum absolute atomic E-state index is 0.0706. The second kappa shape index (κ2) is 5.43. The summed E-state index contributed by atoms with van der Waals surface area (Å²) in [5, 5.41) is 4.51. The lowest BCUT2D eigenvalue weighted by Crippen LogP contribution is -2.47. The van der Waals surface area contributed by atoms with E-state index >= 15 is 0 Å². The fourth-order valence-corrected chi connectivity index (χ4v) is 3.35. The normalized spacial score (nSPS) is 34.2. The number of hydrogen-bond acceptors (Lipinski definition) is 2. The van der Waals surface area contributed by atoms with Crippen molar-refractivity contribution in [3.05, 3.63) is 34.9 Å². The van der Waals surface area contributed by atoms with Gasteiger partial charge in [0.25, 0.3) is 0 Å². The second-order valence-corrected chi connectivity index (χ2v) is 6.64. The summed E-state index contributed by atoms with van der Waals surface area (Å²) >= 11 is 6.04. The molecule has 1 aromatic rings. The Hall–Kier alpha value is -0.570. The van der Waals surface area contributed by atoms with E-state index in [1.807, 2.05) is 12.1 Å². The summed E-state index contributed by atoms with van der Waals surface area (Å²) < 4.78 is 5.81. The van der Waals surface area contributed by atoms with Crippen molar-refractivity contribution in [3.63, 3.8) is 0 Å². The molecule has 2 nitrogen and oxygen atoms in total. The van der Waals surface area contributed by atoms with Gasteiger partial charge in [0.1, 0.15) is 0 Å². The van der Waals surface area contributed by atoms with Crippen molar-refractivity contribution in [2.24, 2.45) is 0 Å². The third kappa shape index (κ3) is 3.13. The van der Waals surface area contributed by atoms with E-state index in [-0.39, 0.29) is 5.60 Å². The Bertz CT molecular complexity index is 436. The van der Waals surface area contributed by atoms with Crippen LogP contribution in [0.3, 0.4) is 0 Å². The van der Waals surface area contributed by atoms with Gasteiger partial charge in [-0.05, 0) is 56.2 Å². The molecule has 1 aliphatic heterocycles. The van der Waals surface area contributed by atoms with E-state index in [9.17, 15) is 0 Å². The zero-order chi connectivity index (χ0) is 13.3. The fourth-order valence-electron chi connectivity index (χ4n) is 3.15. The van der Waals surface area contributed by atoms with Crippen molar-refractivity contribution < 1.29 is 4.74 Å². The van der Waals surface area contributed by atoms with Gasteiger partial charge in [0.15, 0.2) is 0 Å². The predicted octanol–water partition coefficient (Wildman–Crippen LogP) is 3.74. The molecule has 0 bridgehead atoms. The topological polar surface area (TPSA) is 21.3 Å². The molecule has 0 spiro atoms. The van der Waals surface area contributed by atoms with Crippen molar-refractivity contribution in [3.8, 4) is 0 Å². The van der Waals surface area contributed by atoms with Gasteiger partial charge in [0.05, 0.1) is 5.60 Å². The number of hydrogen-bond donors (Lipinski definition) is 1. The molecule has 1 unspecified atom stereocenters. The predicted molar refractivity (Wildman–Crippen MR) is 78.8 cm³/mol. The second-order valence-electron chi connectivity index (χ2n) is 6.20. The summed E-state index contributed by atoms with van der Waals surface area (Å²) in [5.74, 6) is 0.675. The van der Waals surface area contributed by atoms with Crippen LogP contribution >= 0.6 is 11.6 Å². The highest BCUT2D eigenvalue weighted by atomic mass is 35.5. The van der Waals surface area contributed by atoms with E-state index in [0.29, 0.717) is 12.0 Å². The lowest BCUT2D eigenvalue weighted by molar-refractivity contribution is 0.0158. The first-order valence-corrected chi connectivity index (χ1v) is 7.65. The fraction of sp³-hybridized carbons (Fsp3) is 0.625. The Balaban J connectivity index is 1.45.